The van der Waals surface area contributed by atoms with Crippen LogP contribution in [0, 0.1) is 6.92 Å². The molecule has 0 spiro atoms. The number of thiazole rings is 1. The summed E-state index contributed by atoms with van der Waals surface area (Å²) < 4.78 is 0. The van der Waals surface area contributed by atoms with Gasteiger partial charge in [0.05, 0.1) is 17.9 Å². The molecule has 0 fully saturated rings. The Morgan fingerprint density at radius 2 is 1.96 bits per heavy atom. The molecule has 0 saturated carbocycles. The van der Waals surface area contributed by atoms with Gasteiger partial charge in [0, 0.05) is 29.5 Å². The molecule has 0 aliphatic carbocycles. The first-order valence-electron chi connectivity index (χ1n) is 8.21. The summed E-state index contributed by atoms with van der Waals surface area (Å²) in [5, 5.41) is 5.54. The average molecular weight is 358 g/mol. The summed E-state index contributed by atoms with van der Waals surface area (Å²) in [4.78, 5) is 13.2. The van der Waals surface area contributed by atoms with Crippen LogP contribution in [-0.2, 0) is 19.6 Å². The summed E-state index contributed by atoms with van der Waals surface area (Å²) in [6.45, 7) is 9.22. The Balaban J connectivity index is 1.76. The molecule has 0 amide bonds. The van der Waals surface area contributed by atoms with Crippen molar-refractivity contribution in [3.8, 4) is 0 Å². The molecular formula is C19H23N3S2. The van der Waals surface area contributed by atoms with Gasteiger partial charge in [0.25, 0.3) is 0 Å². The lowest BCUT2D eigenvalue weighted by atomic mass is 10.2. The Kier molecular flexibility index (Phi) is 5.76. The van der Waals surface area contributed by atoms with Crippen molar-refractivity contribution in [3.05, 3.63) is 68.1 Å². The van der Waals surface area contributed by atoms with E-state index in [-0.39, 0.29) is 0 Å². The quantitative estimate of drug-likeness (QED) is 0.579. The van der Waals surface area contributed by atoms with E-state index in [2.05, 4.69) is 59.6 Å². The van der Waals surface area contributed by atoms with Gasteiger partial charge >= 0.3 is 0 Å². The molecule has 0 atom stereocenters. The first-order chi connectivity index (χ1) is 11.6. The SMILES string of the molecule is Cc1ccsc1CN(Cc1ccccn1)Cc1nc(C(C)C)cs1. The van der Waals surface area contributed by atoms with Crippen molar-refractivity contribution in [2.75, 3.05) is 0 Å². The minimum atomic E-state index is 0.485. The fourth-order valence-electron chi connectivity index (χ4n) is 2.51. The number of hydrogen-bond donors (Lipinski definition) is 0. The van der Waals surface area contributed by atoms with E-state index in [4.69, 9.17) is 4.98 Å². The molecule has 3 rings (SSSR count). The van der Waals surface area contributed by atoms with Gasteiger partial charge in [-0.25, -0.2) is 4.98 Å². The maximum atomic E-state index is 4.80. The van der Waals surface area contributed by atoms with Crippen molar-refractivity contribution >= 4 is 22.7 Å². The topological polar surface area (TPSA) is 29.0 Å². The molecule has 0 aliphatic heterocycles. The zero-order valence-electron chi connectivity index (χ0n) is 14.4. The summed E-state index contributed by atoms with van der Waals surface area (Å²) in [5.74, 6) is 0.485. The van der Waals surface area contributed by atoms with Crippen LogP contribution in [0.3, 0.4) is 0 Å². The highest BCUT2D eigenvalue weighted by Crippen LogP contribution is 2.23. The Hall–Kier alpha value is -1.56. The molecule has 5 heteroatoms. The third-order valence-corrected chi connectivity index (χ3v) is 5.83. The summed E-state index contributed by atoms with van der Waals surface area (Å²) in [5.41, 5.74) is 3.67. The molecule has 24 heavy (non-hydrogen) atoms. The monoisotopic (exact) mass is 357 g/mol. The Labute approximate surface area is 152 Å². The highest BCUT2D eigenvalue weighted by Gasteiger charge is 2.14. The largest absolute Gasteiger partial charge is 0.286 e. The molecule has 126 valence electrons. The van der Waals surface area contributed by atoms with Gasteiger partial charge in [-0.05, 0) is 42.0 Å². The molecule has 0 unspecified atom stereocenters. The Bertz CT molecular complexity index is 762. The molecule has 0 saturated heterocycles. The van der Waals surface area contributed by atoms with Crippen LogP contribution < -0.4 is 0 Å². The molecular weight excluding hydrogens is 334 g/mol. The first kappa shape index (κ1) is 17.3. The lowest BCUT2D eigenvalue weighted by Crippen LogP contribution is -2.22. The van der Waals surface area contributed by atoms with Gasteiger partial charge in [-0.1, -0.05) is 19.9 Å². The van der Waals surface area contributed by atoms with E-state index in [1.165, 1.54) is 21.1 Å². The van der Waals surface area contributed by atoms with E-state index >= 15 is 0 Å². The van der Waals surface area contributed by atoms with Crippen LogP contribution >= 0.6 is 22.7 Å². The smallest absolute Gasteiger partial charge is 0.107 e. The summed E-state index contributed by atoms with van der Waals surface area (Å²) >= 11 is 3.59. The van der Waals surface area contributed by atoms with E-state index in [0.717, 1.165) is 25.3 Å². The van der Waals surface area contributed by atoms with Gasteiger partial charge in [0.15, 0.2) is 0 Å². The van der Waals surface area contributed by atoms with Crippen LogP contribution in [0.1, 0.15) is 46.6 Å². The van der Waals surface area contributed by atoms with Crippen molar-refractivity contribution in [3.63, 3.8) is 0 Å². The van der Waals surface area contributed by atoms with Gasteiger partial charge in [-0.15, -0.1) is 22.7 Å². The normalized spacial score (nSPS) is 11.5. The second-order valence-corrected chi connectivity index (χ2v) is 8.26. The maximum absolute atomic E-state index is 4.80. The Morgan fingerprint density at radius 3 is 2.58 bits per heavy atom. The van der Waals surface area contributed by atoms with Crippen LogP contribution in [-0.4, -0.2) is 14.9 Å². The summed E-state index contributed by atoms with van der Waals surface area (Å²) in [7, 11) is 0. The molecule has 3 heterocycles. The molecule has 3 aromatic rings. The number of pyridine rings is 1. The molecule has 0 aromatic carbocycles. The third-order valence-electron chi connectivity index (χ3n) is 3.97. The van der Waals surface area contributed by atoms with Crippen LogP contribution in [0.2, 0.25) is 0 Å². The van der Waals surface area contributed by atoms with E-state index in [9.17, 15) is 0 Å². The zero-order chi connectivity index (χ0) is 16.9. The van der Waals surface area contributed by atoms with Crippen LogP contribution in [0.15, 0.2) is 41.2 Å². The van der Waals surface area contributed by atoms with Crippen molar-refractivity contribution in [2.45, 2.75) is 46.3 Å². The van der Waals surface area contributed by atoms with Crippen molar-refractivity contribution in [2.24, 2.45) is 0 Å². The number of aryl methyl sites for hydroxylation is 1. The average Bonchev–Trinajstić information content (AvgIpc) is 3.18. The molecule has 0 aliphatic rings. The van der Waals surface area contributed by atoms with Crippen molar-refractivity contribution in [1.29, 1.82) is 0 Å². The van der Waals surface area contributed by atoms with E-state index in [1.54, 1.807) is 11.3 Å². The second kappa shape index (κ2) is 8.01. The van der Waals surface area contributed by atoms with Crippen molar-refractivity contribution in [1.82, 2.24) is 14.9 Å². The lowest BCUT2D eigenvalue weighted by Gasteiger charge is -2.20. The van der Waals surface area contributed by atoms with Gasteiger partial charge < -0.3 is 0 Å². The minimum Gasteiger partial charge on any atom is -0.286 e. The number of nitrogens with zero attached hydrogens (tertiary/aromatic N) is 3. The highest BCUT2D eigenvalue weighted by molar-refractivity contribution is 7.10. The number of hydrogen-bond acceptors (Lipinski definition) is 5. The molecule has 3 aromatic heterocycles. The number of aromatic nitrogens is 2. The fraction of sp³-hybridized carbons (Fsp3) is 0.368. The summed E-state index contributed by atoms with van der Waals surface area (Å²) in [6.07, 6.45) is 1.87. The van der Waals surface area contributed by atoms with E-state index in [1.807, 2.05) is 23.6 Å². The van der Waals surface area contributed by atoms with Crippen molar-refractivity contribution < 1.29 is 0 Å². The minimum absolute atomic E-state index is 0.485. The van der Waals surface area contributed by atoms with Crippen LogP contribution in [0.25, 0.3) is 0 Å². The third kappa shape index (κ3) is 4.50. The fourth-order valence-corrected chi connectivity index (χ4v) is 4.46. The molecule has 0 radical (unpaired) electrons. The summed E-state index contributed by atoms with van der Waals surface area (Å²) in [6, 6.07) is 8.30. The molecule has 0 N–H and O–H groups in total. The predicted molar refractivity (Wildman–Crippen MR) is 102 cm³/mol. The van der Waals surface area contributed by atoms with Crippen LogP contribution in [0.5, 0.6) is 0 Å². The maximum Gasteiger partial charge on any atom is 0.107 e. The van der Waals surface area contributed by atoms with Gasteiger partial charge in [-0.3, -0.25) is 9.88 Å². The van der Waals surface area contributed by atoms with E-state index < -0.39 is 0 Å². The highest BCUT2D eigenvalue weighted by atomic mass is 32.1. The Morgan fingerprint density at radius 1 is 1.08 bits per heavy atom. The van der Waals surface area contributed by atoms with E-state index in [0.29, 0.717) is 5.92 Å². The van der Waals surface area contributed by atoms with Gasteiger partial charge in [-0.2, -0.15) is 0 Å². The van der Waals surface area contributed by atoms with Crippen LogP contribution in [0.4, 0.5) is 0 Å². The predicted octanol–water partition coefficient (Wildman–Crippen LogP) is 5.23. The molecule has 3 nitrogen and oxygen atoms in total. The number of rotatable bonds is 7. The van der Waals surface area contributed by atoms with Gasteiger partial charge in [0.1, 0.15) is 5.01 Å². The first-order valence-corrected chi connectivity index (χ1v) is 9.97. The lowest BCUT2D eigenvalue weighted by molar-refractivity contribution is 0.246. The second-order valence-electron chi connectivity index (χ2n) is 6.31. The van der Waals surface area contributed by atoms with Gasteiger partial charge in [0.2, 0.25) is 0 Å². The standard InChI is InChI=1S/C19H23N3S2/c1-14(2)17-13-24-19(21-17)12-22(10-16-6-4-5-8-20-16)11-18-15(3)7-9-23-18/h4-9,13-14H,10-12H2,1-3H3. The number of thiophene rings is 1. The molecule has 0 bridgehead atoms. The zero-order valence-corrected chi connectivity index (χ0v) is 16.0.